The Hall–Kier alpha value is -1.76. The summed E-state index contributed by atoms with van der Waals surface area (Å²) in [5.74, 6) is 0.726. The van der Waals surface area contributed by atoms with Crippen LogP contribution in [-0.4, -0.2) is 20.1 Å². The predicted octanol–water partition coefficient (Wildman–Crippen LogP) is 3.56. The summed E-state index contributed by atoms with van der Waals surface area (Å²) >= 11 is 2.20. The summed E-state index contributed by atoms with van der Waals surface area (Å²) in [5.41, 5.74) is 1.18. The number of ether oxygens (including phenoxy) is 2. The van der Waals surface area contributed by atoms with Crippen LogP contribution in [0, 0.1) is 3.57 Å². The number of hydrogen-bond donors (Lipinski definition) is 1. The molecule has 0 aromatic heterocycles. The fourth-order valence-corrected chi connectivity index (χ4v) is 2.37. The van der Waals surface area contributed by atoms with Crippen molar-refractivity contribution in [3.63, 3.8) is 0 Å². The van der Waals surface area contributed by atoms with E-state index >= 15 is 0 Å². The largest absolute Gasteiger partial charge is 0.493 e. The Morgan fingerprint density at radius 2 is 1.85 bits per heavy atom. The summed E-state index contributed by atoms with van der Waals surface area (Å²) in [4.78, 5) is 12.3. The summed E-state index contributed by atoms with van der Waals surface area (Å²) in [6, 6.07) is 12.8. The first kappa shape index (κ1) is 14.6. The van der Waals surface area contributed by atoms with E-state index in [0.717, 1.165) is 9.26 Å². The van der Waals surface area contributed by atoms with Crippen molar-refractivity contribution in [1.29, 1.82) is 0 Å². The number of anilines is 1. The second kappa shape index (κ2) is 6.60. The molecule has 0 saturated heterocycles. The zero-order chi connectivity index (χ0) is 14.5. The van der Waals surface area contributed by atoms with E-state index in [2.05, 4.69) is 27.9 Å². The topological polar surface area (TPSA) is 47.6 Å². The van der Waals surface area contributed by atoms with Crippen molar-refractivity contribution in [3.05, 3.63) is 51.6 Å². The lowest BCUT2D eigenvalue weighted by Crippen LogP contribution is -2.13. The number of benzene rings is 2. The van der Waals surface area contributed by atoms with Crippen molar-refractivity contribution in [3.8, 4) is 11.5 Å². The number of methoxy groups -OCH3 is 2. The van der Waals surface area contributed by atoms with Crippen LogP contribution in [0.25, 0.3) is 0 Å². The minimum atomic E-state index is -0.234. The number of carbonyl (C=O) groups is 1. The van der Waals surface area contributed by atoms with Crippen LogP contribution in [-0.2, 0) is 0 Å². The number of rotatable bonds is 4. The molecule has 1 amide bonds. The van der Waals surface area contributed by atoms with Gasteiger partial charge in [0.25, 0.3) is 5.91 Å². The molecule has 0 radical (unpaired) electrons. The molecular weight excluding hydrogens is 369 g/mol. The van der Waals surface area contributed by atoms with E-state index in [1.807, 2.05) is 24.3 Å². The molecule has 0 bridgehead atoms. The van der Waals surface area contributed by atoms with Crippen LogP contribution < -0.4 is 14.8 Å². The highest BCUT2D eigenvalue weighted by atomic mass is 127. The Morgan fingerprint density at radius 1 is 1.10 bits per heavy atom. The van der Waals surface area contributed by atoms with E-state index in [4.69, 9.17) is 9.47 Å². The van der Waals surface area contributed by atoms with E-state index < -0.39 is 0 Å². The maximum atomic E-state index is 12.3. The first-order valence-corrected chi connectivity index (χ1v) is 7.01. The SMILES string of the molecule is COc1cccc(C(=O)Nc2cccc(I)c2)c1OC. The van der Waals surface area contributed by atoms with Crippen LogP contribution >= 0.6 is 22.6 Å². The zero-order valence-electron chi connectivity index (χ0n) is 11.1. The molecule has 0 heterocycles. The monoisotopic (exact) mass is 383 g/mol. The van der Waals surface area contributed by atoms with Crippen molar-refractivity contribution in [2.45, 2.75) is 0 Å². The van der Waals surface area contributed by atoms with Gasteiger partial charge in [0.1, 0.15) is 0 Å². The summed E-state index contributed by atoms with van der Waals surface area (Å²) in [6.45, 7) is 0. The third kappa shape index (κ3) is 3.22. The minimum absolute atomic E-state index is 0.234. The van der Waals surface area contributed by atoms with Gasteiger partial charge < -0.3 is 14.8 Å². The molecule has 0 fully saturated rings. The normalized spacial score (nSPS) is 9.95. The molecule has 20 heavy (non-hydrogen) atoms. The van der Waals surface area contributed by atoms with Crippen molar-refractivity contribution in [2.75, 3.05) is 19.5 Å². The van der Waals surface area contributed by atoms with Crippen LogP contribution in [0.3, 0.4) is 0 Å². The van der Waals surface area contributed by atoms with Crippen molar-refractivity contribution in [2.24, 2.45) is 0 Å². The molecular formula is C15H14INO3. The minimum Gasteiger partial charge on any atom is -0.493 e. The molecule has 5 heteroatoms. The maximum Gasteiger partial charge on any atom is 0.259 e. The third-order valence-electron chi connectivity index (χ3n) is 2.73. The molecule has 0 atom stereocenters. The maximum absolute atomic E-state index is 12.3. The molecule has 104 valence electrons. The fraction of sp³-hybridized carbons (Fsp3) is 0.133. The van der Waals surface area contributed by atoms with Gasteiger partial charge in [0.05, 0.1) is 19.8 Å². The summed E-state index contributed by atoms with van der Waals surface area (Å²) in [6.07, 6.45) is 0. The van der Waals surface area contributed by atoms with Crippen molar-refractivity contribution >= 4 is 34.2 Å². The summed E-state index contributed by atoms with van der Waals surface area (Å²) in [7, 11) is 3.05. The molecule has 4 nitrogen and oxygen atoms in total. The number of para-hydroxylation sites is 1. The van der Waals surface area contributed by atoms with Gasteiger partial charge in [0.15, 0.2) is 11.5 Å². The highest BCUT2D eigenvalue weighted by molar-refractivity contribution is 14.1. The second-order valence-corrected chi connectivity index (χ2v) is 5.25. The second-order valence-electron chi connectivity index (χ2n) is 4.01. The van der Waals surface area contributed by atoms with Crippen LogP contribution in [0.4, 0.5) is 5.69 Å². The predicted molar refractivity (Wildman–Crippen MR) is 86.7 cm³/mol. The van der Waals surface area contributed by atoms with Crippen molar-refractivity contribution < 1.29 is 14.3 Å². The Morgan fingerprint density at radius 3 is 2.50 bits per heavy atom. The lowest BCUT2D eigenvalue weighted by molar-refractivity contribution is 0.102. The van der Waals surface area contributed by atoms with Crippen LogP contribution in [0.15, 0.2) is 42.5 Å². The molecule has 2 aromatic carbocycles. The van der Waals surface area contributed by atoms with Crippen LogP contribution in [0.5, 0.6) is 11.5 Å². The van der Waals surface area contributed by atoms with Gasteiger partial charge >= 0.3 is 0 Å². The Bertz CT molecular complexity index is 628. The van der Waals surface area contributed by atoms with Gasteiger partial charge in [-0.05, 0) is 52.9 Å². The molecule has 0 aliphatic rings. The first-order chi connectivity index (χ1) is 9.65. The Kier molecular flexibility index (Phi) is 4.84. The van der Waals surface area contributed by atoms with E-state index in [1.165, 1.54) is 7.11 Å². The molecule has 2 rings (SSSR count). The zero-order valence-corrected chi connectivity index (χ0v) is 13.3. The van der Waals surface area contributed by atoms with Crippen LogP contribution in [0.2, 0.25) is 0 Å². The van der Waals surface area contributed by atoms with E-state index in [0.29, 0.717) is 17.1 Å². The highest BCUT2D eigenvalue weighted by Gasteiger charge is 2.16. The lowest BCUT2D eigenvalue weighted by atomic mass is 10.1. The van der Waals surface area contributed by atoms with Gasteiger partial charge in [0, 0.05) is 9.26 Å². The lowest BCUT2D eigenvalue weighted by Gasteiger charge is -2.12. The molecule has 0 aliphatic heterocycles. The number of carbonyl (C=O) groups excluding carboxylic acids is 1. The molecule has 2 aromatic rings. The van der Waals surface area contributed by atoms with Gasteiger partial charge in [-0.2, -0.15) is 0 Å². The molecule has 0 spiro atoms. The number of amides is 1. The molecule has 0 aliphatic carbocycles. The van der Waals surface area contributed by atoms with Gasteiger partial charge in [0.2, 0.25) is 0 Å². The standard InChI is InChI=1S/C15H14INO3/c1-19-13-8-4-7-12(14(13)20-2)15(18)17-11-6-3-5-10(16)9-11/h3-9H,1-2H3,(H,17,18). The quantitative estimate of drug-likeness (QED) is 0.822. The number of hydrogen-bond acceptors (Lipinski definition) is 3. The fourth-order valence-electron chi connectivity index (χ4n) is 1.83. The average Bonchev–Trinajstić information content (AvgIpc) is 2.46. The summed E-state index contributed by atoms with van der Waals surface area (Å²) in [5, 5.41) is 2.85. The third-order valence-corrected chi connectivity index (χ3v) is 3.40. The molecule has 0 unspecified atom stereocenters. The smallest absolute Gasteiger partial charge is 0.259 e. The van der Waals surface area contributed by atoms with Gasteiger partial charge in [-0.25, -0.2) is 0 Å². The number of halogens is 1. The Balaban J connectivity index is 2.30. The van der Waals surface area contributed by atoms with Crippen LogP contribution in [0.1, 0.15) is 10.4 Å². The van der Waals surface area contributed by atoms with Gasteiger partial charge in [-0.15, -0.1) is 0 Å². The average molecular weight is 383 g/mol. The highest BCUT2D eigenvalue weighted by Crippen LogP contribution is 2.31. The van der Waals surface area contributed by atoms with E-state index in [1.54, 1.807) is 25.3 Å². The first-order valence-electron chi connectivity index (χ1n) is 5.93. The van der Waals surface area contributed by atoms with Crippen molar-refractivity contribution in [1.82, 2.24) is 0 Å². The van der Waals surface area contributed by atoms with Gasteiger partial charge in [-0.3, -0.25) is 4.79 Å². The molecule has 0 saturated carbocycles. The van der Waals surface area contributed by atoms with Gasteiger partial charge in [-0.1, -0.05) is 12.1 Å². The Labute approximate surface area is 131 Å². The summed E-state index contributed by atoms with van der Waals surface area (Å²) < 4.78 is 11.5. The van der Waals surface area contributed by atoms with E-state index in [-0.39, 0.29) is 5.91 Å². The molecule has 1 N–H and O–H groups in total. The van der Waals surface area contributed by atoms with E-state index in [9.17, 15) is 4.79 Å². The number of nitrogens with one attached hydrogen (secondary N) is 1.